The van der Waals surface area contributed by atoms with Crippen molar-refractivity contribution in [3.8, 4) is 0 Å². The highest BCUT2D eigenvalue weighted by Crippen LogP contribution is 2.18. The van der Waals surface area contributed by atoms with Crippen LogP contribution in [0, 0.1) is 6.92 Å². The Morgan fingerprint density at radius 1 is 1.00 bits per heavy atom. The van der Waals surface area contributed by atoms with Gasteiger partial charge in [-0.25, -0.2) is 0 Å². The first kappa shape index (κ1) is 15.5. The molecule has 0 fully saturated rings. The molecule has 2 rings (SSSR count). The molecular weight excluding hydrogens is 286 g/mol. The zero-order valence-electron chi connectivity index (χ0n) is 12.2. The maximum atomic E-state index is 11.0. The smallest absolute Gasteiger partial charge is 0.294 e. The van der Waals surface area contributed by atoms with Gasteiger partial charge in [-0.15, -0.1) is 0 Å². The largest absolute Gasteiger partial charge is 0.367 e. The van der Waals surface area contributed by atoms with Crippen LogP contribution in [0.4, 0.5) is 5.69 Å². The van der Waals surface area contributed by atoms with E-state index in [1.165, 1.54) is 17.7 Å². The zero-order valence-corrected chi connectivity index (χ0v) is 13.0. The van der Waals surface area contributed by atoms with E-state index >= 15 is 0 Å². The summed E-state index contributed by atoms with van der Waals surface area (Å²) in [6, 6.07) is 14.6. The van der Waals surface area contributed by atoms with Crippen molar-refractivity contribution in [2.75, 3.05) is 11.4 Å². The Kier molecular flexibility index (Phi) is 4.65. The van der Waals surface area contributed by atoms with Crippen molar-refractivity contribution in [2.24, 2.45) is 0 Å². The van der Waals surface area contributed by atoms with Crippen LogP contribution in [0.2, 0.25) is 0 Å². The molecule has 1 N–H and O–H groups in total. The Morgan fingerprint density at radius 2 is 1.57 bits per heavy atom. The summed E-state index contributed by atoms with van der Waals surface area (Å²) in [7, 11) is -4.12. The number of hydrogen-bond acceptors (Lipinski definition) is 3. The summed E-state index contributed by atoms with van der Waals surface area (Å²) >= 11 is 0. The van der Waals surface area contributed by atoms with Gasteiger partial charge in [-0.05, 0) is 43.7 Å². The van der Waals surface area contributed by atoms with Crippen molar-refractivity contribution in [1.82, 2.24) is 0 Å². The minimum Gasteiger partial charge on any atom is -0.367 e. The van der Waals surface area contributed by atoms with E-state index in [9.17, 15) is 8.42 Å². The van der Waals surface area contributed by atoms with Crippen molar-refractivity contribution in [3.63, 3.8) is 0 Å². The first-order chi connectivity index (χ1) is 9.90. The van der Waals surface area contributed by atoms with Crippen molar-refractivity contribution < 1.29 is 13.0 Å². The van der Waals surface area contributed by atoms with Crippen molar-refractivity contribution in [1.29, 1.82) is 0 Å². The van der Waals surface area contributed by atoms with E-state index in [0.29, 0.717) is 6.54 Å². The van der Waals surface area contributed by atoms with E-state index < -0.39 is 10.1 Å². The van der Waals surface area contributed by atoms with Gasteiger partial charge >= 0.3 is 0 Å². The molecule has 5 heteroatoms. The van der Waals surface area contributed by atoms with Crippen molar-refractivity contribution in [2.45, 2.75) is 25.3 Å². The van der Waals surface area contributed by atoms with Crippen LogP contribution in [0.25, 0.3) is 0 Å². The molecule has 0 bridgehead atoms. The van der Waals surface area contributed by atoms with Crippen molar-refractivity contribution in [3.05, 3.63) is 59.7 Å². The van der Waals surface area contributed by atoms with E-state index in [4.69, 9.17) is 4.55 Å². The standard InChI is InChI=1S/C16H19NO3S/c1-3-17(15-8-4-13(2)5-9-15)12-14-6-10-16(11-7-14)21(18,19)20/h4-11H,3,12H2,1-2H3,(H,18,19,20). The van der Waals surface area contributed by atoms with Gasteiger partial charge in [-0.2, -0.15) is 8.42 Å². The minimum absolute atomic E-state index is 0.0790. The normalized spacial score (nSPS) is 11.4. The van der Waals surface area contributed by atoms with Gasteiger partial charge in [0.15, 0.2) is 0 Å². The molecule has 2 aromatic carbocycles. The van der Waals surface area contributed by atoms with Crippen LogP contribution in [-0.4, -0.2) is 19.5 Å². The van der Waals surface area contributed by atoms with Crippen LogP contribution < -0.4 is 4.90 Å². The van der Waals surface area contributed by atoms with Crippen LogP contribution in [-0.2, 0) is 16.7 Å². The van der Waals surface area contributed by atoms with Gasteiger partial charge in [0, 0.05) is 18.8 Å². The van der Waals surface area contributed by atoms with E-state index in [2.05, 4.69) is 36.1 Å². The Labute approximate surface area is 125 Å². The molecule has 0 unspecified atom stereocenters. The van der Waals surface area contributed by atoms with Crippen molar-refractivity contribution >= 4 is 15.8 Å². The number of benzene rings is 2. The van der Waals surface area contributed by atoms with Crippen LogP contribution in [0.15, 0.2) is 53.4 Å². The SMILES string of the molecule is CCN(Cc1ccc(S(=O)(=O)O)cc1)c1ccc(C)cc1. The molecule has 21 heavy (non-hydrogen) atoms. The summed E-state index contributed by atoms with van der Waals surface area (Å²) in [6.07, 6.45) is 0. The maximum Gasteiger partial charge on any atom is 0.294 e. The molecular formula is C16H19NO3S. The minimum atomic E-state index is -4.12. The molecule has 2 aromatic rings. The van der Waals surface area contributed by atoms with Gasteiger partial charge in [-0.1, -0.05) is 29.8 Å². The third-order valence-corrected chi connectivity index (χ3v) is 4.24. The predicted octanol–water partition coefficient (Wildman–Crippen LogP) is 3.27. The van der Waals surface area contributed by atoms with E-state index in [1.807, 2.05) is 6.92 Å². The highest BCUT2D eigenvalue weighted by atomic mass is 32.2. The summed E-state index contributed by atoms with van der Waals surface area (Å²) < 4.78 is 31.0. The number of nitrogens with zero attached hydrogens (tertiary/aromatic N) is 1. The number of hydrogen-bond donors (Lipinski definition) is 1. The quantitative estimate of drug-likeness (QED) is 0.861. The third-order valence-electron chi connectivity index (χ3n) is 3.38. The maximum absolute atomic E-state index is 11.0. The Balaban J connectivity index is 2.17. The fourth-order valence-corrected chi connectivity index (χ4v) is 2.61. The Morgan fingerprint density at radius 3 is 2.05 bits per heavy atom. The molecule has 4 nitrogen and oxygen atoms in total. The molecule has 0 spiro atoms. The topological polar surface area (TPSA) is 57.6 Å². The summed E-state index contributed by atoms with van der Waals surface area (Å²) in [5, 5.41) is 0. The molecule has 0 aliphatic rings. The fourth-order valence-electron chi connectivity index (χ4n) is 2.13. The van der Waals surface area contributed by atoms with E-state index in [1.54, 1.807) is 12.1 Å². The second kappa shape index (κ2) is 6.28. The third kappa shape index (κ3) is 4.06. The zero-order chi connectivity index (χ0) is 15.5. The van der Waals surface area contributed by atoms with Crippen LogP contribution in [0.1, 0.15) is 18.1 Å². The molecule has 0 aromatic heterocycles. The summed E-state index contributed by atoms with van der Waals surface area (Å²) in [4.78, 5) is 2.12. The summed E-state index contributed by atoms with van der Waals surface area (Å²) in [6.45, 7) is 5.66. The lowest BCUT2D eigenvalue weighted by Crippen LogP contribution is -2.21. The molecule has 0 aliphatic carbocycles. The Bertz CT molecular complexity index is 691. The summed E-state index contributed by atoms with van der Waals surface area (Å²) in [5.41, 5.74) is 3.33. The van der Waals surface area contributed by atoms with Gasteiger partial charge in [0.2, 0.25) is 0 Å². The molecule has 0 atom stereocenters. The van der Waals surface area contributed by atoms with Gasteiger partial charge in [0.1, 0.15) is 0 Å². The summed E-state index contributed by atoms with van der Waals surface area (Å²) in [5.74, 6) is 0. The predicted molar refractivity (Wildman–Crippen MR) is 84.2 cm³/mol. The van der Waals surface area contributed by atoms with Crippen LogP contribution in [0.5, 0.6) is 0 Å². The van der Waals surface area contributed by atoms with Gasteiger partial charge in [-0.3, -0.25) is 4.55 Å². The Hall–Kier alpha value is -1.85. The molecule has 112 valence electrons. The molecule has 0 radical (unpaired) electrons. The van der Waals surface area contributed by atoms with Gasteiger partial charge in [0.25, 0.3) is 10.1 Å². The first-order valence-corrected chi connectivity index (χ1v) is 8.22. The molecule has 0 heterocycles. The monoisotopic (exact) mass is 305 g/mol. The molecule has 0 aliphatic heterocycles. The van der Waals surface area contributed by atoms with Crippen LogP contribution >= 0.6 is 0 Å². The molecule has 0 saturated carbocycles. The fraction of sp³-hybridized carbons (Fsp3) is 0.250. The average molecular weight is 305 g/mol. The second-order valence-corrected chi connectivity index (χ2v) is 6.39. The second-order valence-electron chi connectivity index (χ2n) is 4.97. The van der Waals surface area contributed by atoms with Crippen LogP contribution in [0.3, 0.4) is 0 Å². The first-order valence-electron chi connectivity index (χ1n) is 6.78. The van der Waals surface area contributed by atoms with Gasteiger partial charge < -0.3 is 4.90 Å². The number of rotatable bonds is 5. The highest BCUT2D eigenvalue weighted by molar-refractivity contribution is 7.85. The number of aryl methyl sites for hydroxylation is 1. The lowest BCUT2D eigenvalue weighted by Gasteiger charge is -2.23. The lowest BCUT2D eigenvalue weighted by atomic mass is 10.1. The van der Waals surface area contributed by atoms with Gasteiger partial charge in [0.05, 0.1) is 4.90 Å². The highest BCUT2D eigenvalue weighted by Gasteiger charge is 2.10. The number of anilines is 1. The lowest BCUT2D eigenvalue weighted by molar-refractivity contribution is 0.483. The molecule has 0 saturated heterocycles. The van der Waals surface area contributed by atoms with E-state index in [-0.39, 0.29) is 4.90 Å². The molecule has 0 amide bonds. The average Bonchev–Trinajstić information content (AvgIpc) is 2.45. The van der Waals surface area contributed by atoms with E-state index in [0.717, 1.165) is 17.8 Å².